The fraction of sp³-hybridized carbons (Fsp3) is 0.208. The monoisotopic (exact) mass is 454 g/mol. The highest BCUT2D eigenvalue weighted by atomic mass is 35.5. The van der Waals surface area contributed by atoms with Crippen molar-refractivity contribution in [2.45, 2.75) is 6.54 Å². The number of nitrogens with zero attached hydrogens (tertiary/aromatic N) is 2. The van der Waals surface area contributed by atoms with Crippen LogP contribution in [0.15, 0.2) is 78.9 Å². The molecule has 0 radical (unpaired) electrons. The Morgan fingerprint density at radius 2 is 1.42 bits per heavy atom. The van der Waals surface area contributed by atoms with Crippen LogP contribution in [0.5, 0.6) is 0 Å². The molecule has 31 heavy (non-hydrogen) atoms. The fourth-order valence-corrected chi connectivity index (χ4v) is 5.00. The molecule has 1 aliphatic rings. The number of anilines is 2. The molecule has 0 aliphatic carbocycles. The zero-order valence-electron chi connectivity index (χ0n) is 16.9. The number of halogens is 1. The highest BCUT2D eigenvalue weighted by Gasteiger charge is 2.22. The van der Waals surface area contributed by atoms with Crippen LogP contribution in [0.2, 0.25) is 5.02 Å². The lowest BCUT2D eigenvalue weighted by Crippen LogP contribution is -2.39. The SMILES string of the molecule is O=C(c1ccc(Cl)cc1)N(c1ccccc1)c1ccc(CN2CCS(=O)(=O)CC2)cc1. The van der Waals surface area contributed by atoms with E-state index < -0.39 is 9.84 Å². The van der Waals surface area contributed by atoms with Crippen molar-refractivity contribution in [1.29, 1.82) is 0 Å². The lowest BCUT2D eigenvalue weighted by Gasteiger charge is -2.27. The van der Waals surface area contributed by atoms with Crippen molar-refractivity contribution in [2.75, 3.05) is 29.5 Å². The molecular weight excluding hydrogens is 432 g/mol. The summed E-state index contributed by atoms with van der Waals surface area (Å²) in [5.41, 5.74) is 3.16. The first-order chi connectivity index (χ1) is 14.9. The summed E-state index contributed by atoms with van der Waals surface area (Å²) in [6, 6.07) is 24.2. The number of para-hydroxylation sites is 1. The number of amides is 1. The van der Waals surface area contributed by atoms with Crippen molar-refractivity contribution >= 4 is 38.7 Å². The van der Waals surface area contributed by atoms with Crippen molar-refractivity contribution < 1.29 is 13.2 Å². The first-order valence-electron chi connectivity index (χ1n) is 10.1. The number of carbonyl (C=O) groups excluding carboxylic acids is 1. The summed E-state index contributed by atoms with van der Waals surface area (Å²) in [6.45, 7) is 1.79. The van der Waals surface area contributed by atoms with Crippen LogP contribution in [-0.2, 0) is 16.4 Å². The Balaban J connectivity index is 1.57. The van der Waals surface area contributed by atoms with Gasteiger partial charge < -0.3 is 0 Å². The van der Waals surface area contributed by atoms with Crippen molar-refractivity contribution in [1.82, 2.24) is 4.90 Å². The third-order valence-corrected chi connectivity index (χ3v) is 7.21. The minimum absolute atomic E-state index is 0.142. The molecule has 0 atom stereocenters. The quantitative estimate of drug-likeness (QED) is 0.567. The standard InChI is InChI=1S/C24H23ClN2O3S/c25-21-10-8-20(9-11-21)24(28)27(22-4-2-1-3-5-22)23-12-6-19(7-13-23)18-26-14-16-31(29,30)17-15-26/h1-13H,14-18H2. The van der Waals surface area contributed by atoms with E-state index in [-0.39, 0.29) is 17.4 Å². The van der Waals surface area contributed by atoms with Crippen LogP contribution < -0.4 is 4.90 Å². The Bertz CT molecular complexity index is 1130. The van der Waals surface area contributed by atoms with E-state index in [1.165, 1.54) is 0 Å². The zero-order chi connectivity index (χ0) is 21.8. The van der Waals surface area contributed by atoms with Crippen molar-refractivity contribution in [3.05, 3.63) is 95.0 Å². The molecule has 4 rings (SSSR count). The van der Waals surface area contributed by atoms with Gasteiger partial charge >= 0.3 is 0 Å². The number of rotatable bonds is 5. The van der Waals surface area contributed by atoms with Gasteiger partial charge in [0.1, 0.15) is 0 Å². The van der Waals surface area contributed by atoms with Gasteiger partial charge in [0.2, 0.25) is 0 Å². The van der Waals surface area contributed by atoms with Crippen molar-refractivity contribution in [3.8, 4) is 0 Å². The zero-order valence-corrected chi connectivity index (χ0v) is 18.5. The molecule has 1 amide bonds. The molecule has 3 aromatic rings. The number of carbonyl (C=O) groups is 1. The average molecular weight is 455 g/mol. The molecule has 0 spiro atoms. The second kappa shape index (κ2) is 9.22. The molecule has 7 heteroatoms. The average Bonchev–Trinajstić information content (AvgIpc) is 2.78. The molecule has 0 bridgehead atoms. The van der Waals surface area contributed by atoms with Gasteiger partial charge in [0.05, 0.1) is 11.5 Å². The molecule has 1 fully saturated rings. The van der Waals surface area contributed by atoms with E-state index in [0.29, 0.717) is 30.2 Å². The van der Waals surface area contributed by atoms with Crippen LogP contribution >= 0.6 is 11.6 Å². The summed E-state index contributed by atoms with van der Waals surface area (Å²) >= 11 is 5.98. The van der Waals surface area contributed by atoms with Gasteiger partial charge in [-0.25, -0.2) is 8.42 Å². The largest absolute Gasteiger partial charge is 0.297 e. The summed E-state index contributed by atoms with van der Waals surface area (Å²) in [4.78, 5) is 17.2. The summed E-state index contributed by atoms with van der Waals surface area (Å²) in [7, 11) is -2.89. The predicted molar refractivity (Wildman–Crippen MR) is 125 cm³/mol. The van der Waals surface area contributed by atoms with Gasteiger partial charge in [0, 0.05) is 41.6 Å². The summed E-state index contributed by atoms with van der Waals surface area (Å²) in [6.07, 6.45) is 0. The van der Waals surface area contributed by atoms with E-state index in [1.807, 2.05) is 54.6 Å². The molecule has 1 aliphatic heterocycles. The normalized spacial score (nSPS) is 16.0. The highest BCUT2D eigenvalue weighted by molar-refractivity contribution is 7.91. The Morgan fingerprint density at radius 3 is 2.03 bits per heavy atom. The minimum Gasteiger partial charge on any atom is -0.297 e. The van der Waals surface area contributed by atoms with Gasteiger partial charge in [0.15, 0.2) is 9.84 Å². The molecule has 0 aromatic heterocycles. The van der Waals surface area contributed by atoms with Crippen LogP contribution in [0.3, 0.4) is 0 Å². The molecule has 0 saturated carbocycles. The van der Waals surface area contributed by atoms with E-state index in [1.54, 1.807) is 29.2 Å². The van der Waals surface area contributed by atoms with Crippen LogP contribution in [0, 0.1) is 0 Å². The van der Waals surface area contributed by atoms with E-state index in [4.69, 9.17) is 11.6 Å². The van der Waals surface area contributed by atoms with Crippen molar-refractivity contribution in [3.63, 3.8) is 0 Å². The number of hydrogen-bond acceptors (Lipinski definition) is 4. The second-order valence-electron chi connectivity index (χ2n) is 7.58. The first kappa shape index (κ1) is 21.6. The summed E-state index contributed by atoms with van der Waals surface area (Å²) < 4.78 is 23.3. The molecule has 1 saturated heterocycles. The first-order valence-corrected chi connectivity index (χ1v) is 12.3. The molecule has 0 N–H and O–H groups in total. The Kier molecular flexibility index (Phi) is 6.41. The third kappa shape index (κ3) is 5.34. The lowest BCUT2D eigenvalue weighted by atomic mass is 10.1. The number of benzene rings is 3. The van der Waals surface area contributed by atoms with E-state index >= 15 is 0 Å². The van der Waals surface area contributed by atoms with Gasteiger partial charge in [-0.3, -0.25) is 14.6 Å². The van der Waals surface area contributed by atoms with Gasteiger partial charge in [-0.15, -0.1) is 0 Å². The van der Waals surface area contributed by atoms with Crippen LogP contribution in [0.1, 0.15) is 15.9 Å². The minimum atomic E-state index is -2.89. The van der Waals surface area contributed by atoms with Crippen LogP contribution in [0.4, 0.5) is 11.4 Å². The highest BCUT2D eigenvalue weighted by Crippen LogP contribution is 2.28. The molecule has 160 valence electrons. The Hall–Kier alpha value is -2.67. The van der Waals surface area contributed by atoms with Crippen molar-refractivity contribution in [2.24, 2.45) is 0 Å². The Labute approximate surface area is 187 Å². The maximum atomic E-state index is 13.3. The Morgan fingerprint density at radius 1 is 0.839 bits per heavy atom. The summed E-state index contributed by atoms with van der Waals surface area (Å²) in [5.74, 6) is 0.280. The van der Waals surface area contributed by atoms with E-state index in [9.17, 15) is 13.2 Å². The molecule has 1 heterocycles. The van der Waals surface area contributed by atoms with Gasteiger partial charge in [0.25, 0.3) is 5.91 Å². The van der Waals surface area contributed by atoms with Gasteiger partial charge in [-0.05, 0) is 54.1 Å². The molecule has 0 unspecified atom stereocenters. The third-order valence-electron chi connectivity index (χ3n) is 5.35. The summed E-state index contributed by atoms with van der Waals surface area (Å²) in [5, 5.41) is 0.581. The van der Waals surface area contributed by atoms with E-state index in [0.717, 1.165) is 16.9 Å². The van der Waals surface area contributed by atoms with Crippen LogP contribution in [-0.4, -0.2) is 43.8 Å². The molecular formula is C24H23ClN2O3S. The number of sulfone groups is 1. The van der Waals surface area contributed by atoms with Gasteiger partial charge in [-0.2, -0.15) is 0 Å². The topological polar surface area (TPSA) is 57.7 Å². The molecule has 5 nitrogen and oxygen atoms in total. The predicted octanol–water partition coefficient (Wildman–Crippen LogP) is 4.55. The lowest BCUT2D eigenvalue weighted by molar-refractivity contribution is 0.0999. The maximum Gasteiger partial charge on any atom is 0.262 e. The fourth-order valence-electron chi connectivity index (χ4n) is 3.60. The maximum absolute atomic E-state index is 13.3. The second-order valence-corrected chi connectivity index (χ2v) is 10.3. The molecule has 3 aromatic carbocycles. The van der Waals surface area contributed by atoms with Crippen LogP contribution in [0.25, 0.3) is 0 Å². The number of hydrogen-bond donors (Lipinski definition) is 0. The van der Waals surface area contributed by atoms with E-state index in [2.05, 4.69) is 4.90 Å². The smallest absolute Gasteiger partial charge is 0.262 e. The van der Waals surface area contributed by atoms with Gasteiger partial charge in [-0.1, -0.05) is 41.9 Å².